The van der Waals surface area contributed by atoms with Crippen molar-refractivity contribution in [3.63, 3.8) is 0 Å². The zero-order valence-electron chi connectivity index (χ0n) is 16.1. The molecular formula is C23H24N2O2. The first-order chi connectivity index (χ1) is 13.0. The van der Waals surface area contributed by atoms with Crippen molar-refractivity contribution in [1.29, 1.82) is 5.26 Å². The number of ether oxygens (including phenoxy) is 2. The number of hydrogen-bond acceptors (Lipinski definition) is 4. The second-order valence-corrected chi connectivity index (χ2v) is 6.85. The molecule has 0 atom stereocenters. The van der Waals surface area contributed by atoms with Crippen LogP contribution < -0.4 is 4.74 Å². The van der Waals surface area contributed by atoms with Crippen LogP contribution in [-0.4, -0.2) is 19.1 Å². The van der Waals surface area contributed by atoms with Crippen molar-refractivity contribution < 1.29 is 9.47 Å². The fourth-order valence-electron chi connectivity index (χ4n) is 3.41. The number of methoxy groups -OCH3 is 1. The molecule has 3 rings (SSSR count). The third-order valence-corrected chi connectivity index (χ3v) is 4.60. The van der Waals surface area contributed by atoms with Gasteiger partial charge in [-0.05, 0) is 62.4 Å². The normalized spacial score (nSPS) is 13.2. The Morgan fingerprint density at radius 2 is 2.04 bits per heavy atom. The number of benzene rings is 2. The number of fused-ring (bicyclic) bond motifs is 1. The molecular weight excluding hydrogens is 336 g/mol. The quantitative estimate of drug-likeness (QED) is 0.563. The molecule has 0 unspecified atom stereocenters. The van der Waals surface area contributed by atoms with Crippen molar-refractivity contribution in [2.75, 3.05) is 7.11 Å². The van der Waals surface area contributed by atoms with Crippen LogP contribution in [0.4, 0.5) is 0 Å². The summed E-state index contributed by atoms with van der Waals surface area (Å²) in [5.41, 5.74) is 5.63. The lowest BCUT2D eigenvalue weighted by atomic mass is 10.0. The molecule has 27 heavy (non-hydrogen) atoms. The summed E-state index contributed by atoms with van der Waals surface area (Å²) >= 11 is 0. The second kappa shape index (κ2) is 8.09. The third-order valence-electron chi connectivity index (χ3n) is 4.60. The number of aryl methyl sites for hydroxylation is 1. The van der Waals surface area contributed by atoms with Gasteiger partial charge in [0.2, 0.25) is 5.90 Å². The summed E-state index contributed by atoms with van der Waals surface area (Å²) in [6.07, 6.45) is 3.34. The van der Waals surface area contributed by atoms with Crippen LogP contribution in [0.1, 0.15) is 48.1 Å². The van der Waals surface area contributed by atoms with E-state index in [0.717, 1.165) is 24.0 Å². The van der Waals surface area contributed by atoms with E-state index >= 15 is 0 Å². The molecule has 2 aromatic rings. The van der Waals surface area contributed by atoms with Gasteiger partial charge in [-0.2, -0.15) is 5.26 Å². The molecule has 2 aromatic carbocycles. The molecule has 0 amide bonds. The fraction of sp³-hybridized carbons (Fsp3) is 0.304. The molecule has 1 aliphatic rings. The summed E-state index contributed by atoms with van der Waals surface area (Å²) in [4.78, 5) is 4.63. The van der Waals surface area contributed by atoms with Crippen LogP contribution in [0.25, 0.3) is 5.70 Å². The summed E-state index contributed by atoms with van der Waals surface area (Å²) in [5, 5.41) is 9.45. The van der Waals surface area contributed by atoms with Gasteiger partial charge in [0.15, 0.2) is 0 Å². The van der Waals surface area contributed by atoms with Crippen LogP contribution in [0.15, 0.2) is 48.0 Å². The first-order valence-corrected chi connectivity index (χ1v) is 9.17. The summed E-state index contributed by atoms with van der Waals surface area (Å²) in [6, 6.07) is 13.8. The van der Waals surface area contributed by atoms with E-state index in [1.807, 2.05) is 19.9 Å². The minimum absolute atomic E-state index is 0.00142. The Bertz CT molecular complexity index is 936. The fourth-order valence-corrected chi connectivity index (χ4v) is 3.41. The van der Waals surface area contributed by atoms with Crippen molar-refractivity contribution in [3.05, 3.63) is 70.8 Å². The van der Waals surface area contributed by atoms with E-state index < -0.39 is 0 Å². The number of hydrogen-bond donors (Lipinski definition) is 0. The highest BCUT2D eigenvalue weighted by Crippen LogP contribution is 2.30. The molecule has 4 heteroatoms. The Morgan fingerprint density at radius 3 is 2.74 bits per heavy atom. The minimum Gasteiger partial charge on any atom is -0.490 e. The molecule has 1 aliphatic carbocycles. The van der Waals surface area contributed by atoms with Gasteiger partial charge in [-0.1, -0.05) is 24.8 Å². The Labute approximate surface area is 160 Å². The Kier molecular flexibility index (Phi) is 5.61. The van der Waals surface area contributed by atoms with E-state index in [-0.39, 0.29) is 6.10 Å². The topological polar surface area (TPSA) is 54.6 Å². The summed E-state index contributed by atoms with van der Waals surface area (Å²) < 4.78 is 11.2. The molecule has 0 saturated heterocycles. The second-order valence-electron chi connectivity index (χ2n) is 6.85. The number of rotatable bonds is 5. The molecule has 0 saturated carbocycles. The smallest absolute Gasteiger partial charge is 0.221 e. The summed E-state index contributed by atoms with van der Waals surface area (Å²) in [7, 11) is 1.58. The summed E-state index contributed by atoms with van der Waals surface area (Å²) in [6.45, 7) is 8.02. The molecule has 4 nitrogen and oxygen atoms in total. The largest absolute Gasteiger partial charge is 0.490 e. The van der Waals surface area contributed by atoms with E-state index in [4.69, 9.17) is 9.47 Å². The molecule has 0 spiro atoms. The molecule has 0 aliphatic heterocycles. The predicted molar refractivity (Wildman–Crippen MR) is 108 cm³/mol. The maximum absolute atomic E-state index is 9.45. The first-order valence-electron chi connectivity index (χ1n) is 9.17. The van der Waals surface area contributed by atoms with Crippen LogP contribution in [0.2, 0.25) is 0 Å². The zero-order valence-corrected chi connectivity index (χ0v) is 16.1. The Hall–Kier alpha value is -3.06. The van der Waals surface area contributed by atoms with Gasteiger partial charge in [0.1, 0.15) is 11.8 Å². The maximum atomic E-state index is 9.45. The highest BCUT2D eigenvalue weighted by atomic mass is 16.5. The van der Waals surface area contributed by atoms with Gasteiger partial charge in [-0.3, -0.25) is 0 Å². The van der Waals surface area contributed by atoms with Gasteiger partial charge < -0.3 is 9.47 Å². The van der Waals surface area contributed by atoms with E-state index in [2.05, 4.69) is 35.8 Å². The van der Waals surface area contributed by atoms with Crippen LogP contribution in [0, 0.1) is 11.3 Å². The SMILES string of the molecule is C=C(N=C(OC)c1ccc(OC(C)C)c(C#N)c1)c1cccc2c1CCC2. The number of aliphatic imine (C=N–C) groups is 1. The van der Waals surface area contributed by atoms with Crippen molar-refractivity contribution >= 4 is 11.6 Å². The molecule has 0 N–H and O–H groups in total. The van der Waals surface area contributed by atoms with Crippen molar-refractivity contribution in [1.82, 2.24) is 0 Å². The van der Waals surface area contributed by atoms with Gasteiger partial charge in [0, 0.05) is 11.1 Å². The lowest BCUT2D eigenvalue weighted by Crippen LogP contribution is -2.09. The van der Waals surface area contributed by atoms with Gasteiger partial charge in [0.05, 0.1) is 24.5 Å². The third kappa shape index (κ3) is 4.03. The van der Waals surface area contributed by atoms with Gasteiger partial charge in [-0.15, -0.1) is 0 Å². The predicted octanol–water partition coefficient (Wildman–Crippen LogP) is 4.90. The lowest BCUT2D eigenvalue weighted by Gasteiger charge is -2.13. The van der Waals surface area contributed by atoms with Gasteiger partial charge in [-0.25, -0.2) is 4.99 Å². The molecule has 0 aromatic heterocycles. The number of nitrogens with zero attached hydrogens (tertiary/aromatic N) is 2. The van der Waals surface area contributed by atoms with E-state index in [1.54, 1.807) is 19.2 Å². The average molecular weight is 360 g/mol. The Morgan fingerprint density at radius 1 is 1.22 bits per heavy atom. The van der Waals surface area contributed by atoms with Crippen molar-refractivity contribution in [3.8, 4) is 11.8 Å². The molecule has 138 valence electrons. The standard InChI is InChI=1S/C23H24N2O2/c1-15(2)27-22-12-11-18(13-19(22)14-24)23(26-4)25-16(3)20-9-5-7-17-8-6-10-21(17)20/h5,7,9,11-13,15H,3,6,8,10H2,1-2,4H3. The van der Waals surface area contributed by atoms with Gasteiger partial charge in [0.25, 0.3) is 0 Å². The average Bonchev–Trinajstić information content (AvgIpc) is 3.14. The van der Waals surface area contributed by atoms with Crippen LogP contribution in [0.3, 0.4) is 0 Å². The van der Waals surface area contributed by atoms with Crippen LogP contribution in [0.5, 0.6) is 5.75 Å². The van der Waals surface area contributed by atoms with E-state index in [9.17, 15) is 5.26 Å². The maximum Gasteiger partial charge on any atom is 0.221 e. The molecule has 0 fully saturated rings. The highest BCUT2D eigenvalue weighted by Gasteiger charge is 2.17. The highest BCUT2D eigenvalue weighted by molar-refractivity contribution is 5.98. The number of nitriles is 1. The van der Waals surface area contributed by atoms with E-state index in [1.165, 1.54) is 17.5 Å². The van der Waals surface area contributed by atoms with Crippen molar-refractivity contribution in [2.24, 2.45) is 4.99 Å². The zero-order chi connectivity index (χ0) is 19.4. The van der Waals surface area contributed by atoms with Crippen molar-refractivity contribution in [2.45, 2.75) is 39.2 Å². The van der Waals surface area contributed by atoms with E-state index in [0.29, 0.717) is 22.9 Å². The molecule has 0 radical (unpaired) electrons. The van der Waals surface area contributed by atoms with Crippen LogP contribution >= 0.6 is 0 Å². The summed E-state index contributed by atoms with van der Waals surface area (Å²) in [5.74, 6) is 0.995. The van der Waals surface area contributed by atoms with Crippen LogP contribution in [-0.2, 0) is 17.6 Å². The Balaban J connectivity index is 1.94. The molecule has 0 bridgehead atoms. The monoisotopic (exact) mass is 360 g/mol. The first kappa shape index (κ1) is 18.7. The minimum atomic E-state index is -0.00142. The molecule has 0 heterocycles. The lowest BCUT2D eigenvalue weighted by molar-refractivity contribution is 0.241. The van der Waals surface area contributed by atoms with Gasteiger partial charge >= 0.3 is 0 Å².